The fraction of sp³-hybridized carbons (Fsp3) is 1.00. The highest BCUT2D eigenvalue weighted by molar-refractivity contribution is 7.98. The van der Waals surface area contributed by atoms with Gasteiger partial charge in [0.05, 0.1) is 0 Å². The zero-order valence-corrected chi connectivity index (χ0v) is 10.7. The van der Waals surface area contributed by atoms with Crippen molar-refractivity contribution in [2.24, 2.45) is 5.92 Å². The zero-order chi connectivity index (χ0) is 10.6. The minimum absolute atomic E-state index is 0.694. The smallest absolute Gasteiger partial charge is 0.0221 e. The van der Waals surface area contributed by atoms with Gasteiger partial charge < -0.3 is 10.2 Å². The van der Waals surface area contributed by atoms with Crippen molar-refractivity contribution in [1.29, 1.82) is 0 Å². The number of rotatable bonds is 5. The summed E-state index contributed by atoms with van der Waals surface area (Å²) in [5, 5.41) is 3.59. The van der Waals surface area contributed by atoms with Crippen LogP contribution in [0.15, 0.2) is 0 Å². The van der Waals surface area contributed by atoms with Crippen LogP contribution < -0.4 is 5.32 Å². The maximum atomic E-state index is 3.59. The van der Waals surface area contributed by atoms with Crippen molar-refractivity contribution in [2.75, 3.05) is 32.1 Å². The van der Waals surface area contributed by atoms with Gasteiger partial charge in [0.2, 0.25) is 0 Å². The molecule has 0 aromatic rings. The summed E-state index contributed by atoms with van der Waals surface area (Å²) in [6, 6.07) is 1.41. The lowest BCUT2D eigenvalue weighted by Crippen LogP contribution is -2.42. The minimum atomic E-state index is 0.694. The van der Waals surface area contributed by atoms with Crippen molar-refractivity contribution in [3.8, 4) is 0 Å². The van der Waals surface area contributed by atoms with E-state index in [0.717, 1.165) is 5.92 Å². The Hall–Kier alpha value is 0.270. The van der Waals surface area contributed by atoms with Gasteiger partial charge in [-0.1, -0.05) is 6.92 Å². The second kappa shape index (κ2) is 5.99. The Morgan fingerprint density at radius 1 is 1.57 bits per heavy atom. The molecule has 0 radical (unpaired) electrons. The first-order valence-corrected chi connectivity index (χ1v) is 6.97. The van der Waals surface area contributed by atoms with Crippen LogP contribution in [0.5, 0.6) is 0 Å². The molecule has 0 aromatic heterocycles. The molecule has 0 aliphatic carbocycles. The van der Waals surface area contributed by atoms with Gasteiger partial charge in [0.15, 0.2) is 0 Å². The first-order valence-electron chi connectivity index (χ1n) is 5.57. The molecule has 0 aromatic carbocycles. The molecule has 1 aliphatic rings. The molecule has 3 atom stereocenters. The minimum Gasteiger partial charge on any atom is -0.312 e. The quantitative estimate of drug-likeness (QED) is 0.752. The van der Waals surface area contributed by atoms with E-state index in [-0.39, 0.29) is 0 Å². The second-order valence-corrected chi connectivity index (χ2v) is 5.48. The number of thioether (sulfide) groups is 1. The number of likely N-dealkylation sites (N-methyl/N-ethyl adjacent to an activating group) is 1. The van der Waals surface area contributed by atoms with Crippen molar-refractivity contribution in [3.63, 3.8) is 0 Å². The van der Waals surface area contributed by atoms with Crippen LogP contribution in [-0.2, 0) is 0 Å². The molecule has 3 unspecified atom stereocenters. The summed E-state index contributed by atoms with van der Waals surface area (Å²) in [6.45, 7) is 7.08. The molecule has 1 heterocycles. The zero-order valence-electron chi connectivity index (χ0n) is 9.92. The SMILES string of the molecule is CSCC(C)N(C)CC1NCCC1C. The van der Waals surface area contributed by atoms with Crippen LogP contribution in [0.25, 0.3) is 0 Å². The third kappa shape index (κ3) is 3.44. The molecule has 0 amide bonds. The molecule has 1 saturated heterocycles. The summed E-state index contributed by atoms with van der Waals surface area (Å²) in [7, 11) is 2.24. The molecule has 0 bridgehead atoms. The van der Waals surface area contributed by atoms with E-state index >= 15 is 0 Å². The lowest BCUT2D eigenvalue weighted by Gasteiger charge is -2.28. The largest absolute Gasteiger partial charge is 0.312 e. The topological polar surface area (TPSA) is 15.3 Å². The van der Waals surface area contributed by atoms with E-state index < -0.39 is 0 Å². The summed E-state index contributed by atoms with van der Waals surface area (Å²) >= 11 is 1.93. The fourth-order valence-electron chi connectivity index (χ4n) is 2.00. The third-order valence-electron chi connectivity index (χ3n) is 3.34. The molecule has 3 heteroatoms. The molecule has 1 N–H and O–H groups in total. The van der Waals surface area contributed by atoms with Crippen LogP contribution in [0.4, 0.5) is 0 Å². The maximum absolute atomic E-state index is 3.59. The van der Waals surface area contributed by atoms with Crippen molar-refractivity contribution < 1.29 is 0 Å². The van der Waals surface area contributed by atoms with E-state index in [2.05, 4.69) is 37.4 Å². The van der Waals surface area contributed by atoms with Gasteiger partial charge in [-0.05, 0) is 39.1 Å². The monoisotopic (exact) mass is 216 g/mol. The lowest BCUT2D eigenvalue weighted by molar-refractivity contribution is 0.236. The number of nitrogens with zero attached hydrogens (tertiary/aromatic N) is 1. The Morgan fingerprint density at radius 3 is 2.79 bits per heavy atom. The second-order valence-electron chi connectivity index (χ2n) is 4.57. The van der Waals surface area contributed by atoms with Gasteiger partial charge in [-0.25, -0.2) is 0 Å². The van der Waals surface area contributed by atoms with Crippen LogP contribution >= 0.6 is 11.8 Å². The lowest BCUT2D eigenvalue weighted by atomic mass is 10.0. The van der Waals surface area contributed by atoms with Gasteiger partial charge in [-0.2, -0.15) is 11.8 Å². The third-order valence-corrected chi connectivity index (χ3v) is 4.15. The van der Waals surface area contributed by atoms with E-state index in [1.807, 2.05) is 11.8 Å². The van der Waals surface area contributed by atoms with Crippen molar-refractivity contribution in [1.82, 2.24) is 10.2 Å². The Kier molecular flexibility index (Phi) is 5.28. The molecule has 14 heavy (non-hydrogen) atoms. The van der Waals surface area contributed by atoms with Gasteiger partial charge in [-0.15, -0.1) is 0 Å². The van der Waals surface area contributed by atoms with Gasteiger partial charge in [0, 0.05) is 24.4 Å². The first kappa shape index (κ1) is 12.3. The van der Waals surface area contributed by atoms with Crippen molar-refractivity contribution in [2.45, 2.75) is 32.4 Å². The average Bonchev–Trinajstić information content (AvgIpc) is 2.52. The van der Waals surface area contributed by atoms with Crippen molar-refractivity contribution in [3.05, 3.63) is 0 Å². The van der Waals surface area contributed by atoms with Crippen LogP contribution in [0.1, 0.15) is 20.3 Å². The van der Waals surface area contributed by atoms with E-state index in [4.69, 9.17) is 0 Å². The van der Waals surface area contributed by atoms with Crippen LogP contribution in [0, 0.1) is 5.92 Å². The molecule has 0 saturated carbocycles. The predicted molar refractivity (Wildman–Crippen MR) is 66.0 cm³/mol. The molecule has 84 valence electrons. The highest BCUT2D eigenvalue weighted by Gasteiger charge is 2.24. The standard InChI is InChI=1S/C11H24N2S/c1-9-5-6-12-11(9)7-13(3)10(2)8-14-4/h9-12H,5-8H2,1-4H3. The van der Waals surface area contributed by atoms with E-state index in [1.54, 1.807) is 0 Å². The molecule has 0 spiro atoms. The average molecular weight is 216 g/mol. The number of nitrogens with one attached hydrogen (secondary N) is 1. The van der Waals surface area contributed by atoms with Gasteiger partial charge in [-0.3, -0.25) is 0 Å². The molecular weight excluding hydrogens is 192 g/mol. The molecule has 2 nitrogen and oxygen atoms in total. The molecule has 1 rings (SSSR count). The van der Waals surface area contributed by atoms with Crippen LogP contribution in [0.3, 0.4) is 0 Å². The summed E-state index contributed by atoms with van der Waals surface area (Å²) in [5.41, 5.74) is 0. The Bertz CT molecular complexity index is 163. The van der Waals surface area contributed by atoms with E-state index in [9.17, 15) is 0 Å². The molecular formula is C11H24N2S. The predicted octanol–water partition coefficient (Wildman–Crippen LogP) is 1.67. The fourth-order valence-corrected chi connectivity index (χ4v) is 2.74. The van der Waals surface area contributed by atoms with Crippen LogP contribution in [-0.4, -0.2) is 49.1 Å². The normalized spacial score (nSPS) is 29.8. The van der Waals surface area contributed by atoms with E-state index in [0.29, 0.717) is 12.1 Å². The van der Waals surface area contributed by atoms with Gasteiger partial charge in [0.25, 0.3) is 0 Å². The number of hydrogen-bond acceptors (Lipinski definition) is 3. The Labute approximate surface area is 92.8 Å². The highest BCUT2D eigenvalue weighted by atomic mass is 32.2. The van der Waals surface area contributed by atoms with E-state index in [1.165, 1.54) is 25.3 Å². The summed E-state index contributed by atoms with van der Waals surface area (Å²) in [4.78, 5) is 2.48. The maximum Gasteiger partial charge on any atom is 0.0221 e. The Balaban J connectivity index is 2.28. The van der Waals surface area contributed by atoms with Crippen LogP contribution in [0.2, 0.25) is 0 Å². The first-order chi connectivity index (χ1) is 6.65. The van der Waals surface area contributed by atoms with Gasteiger partial charge >= 0.3 is 0 Å². The Morgan fingerprint density at radius 2 is 2.29 bits per heavy atom. The van der Waals surface area contributed by atoms with Gasteiger partial charge in [0.1, 0.15) is 0 Å². The summed E-state index contributed by atoms with van der Waals surface area (Å²) in [6.07, 6.45) is 3.52. The molecule has 1 aliphatic heterocycles. The highest BCUT2D eigenvalue weighted by Crippen LogP contribution is 2.16. The molecule has 1 fully saturated rings. The number of hydrogen-bond donors (Lipinski definition) is 1. The van der Waals surface area contributed by atoms with Crippen molar-refractivity contribution >= 4 is 11.8 Å². The summed E-state index contributed by atoms with van der Waals surface area (Å²) < 4.78 is 0. The summed E-state index contributed by atoms with van der Waals surface area (Å²) in [5.74, 6) is 2.08.